The maximum absolute atomic E-state index is 13.6. The van der Waals surface area contributed by atoms with Crippen LogP contribution in [-0.4, -0.2) is 37.0 Å². The molecule has 7 heteroatoms. The van der Waals surface area contributed by atoms with Gasteiger partial charge in [0.2, 0.25) is 0 Å². The third-order valence-corrected chi connectivity index (χ3v) is 1.98. The fourth-order valence-corrected chi connectivity index (χ4v) is 1.24. The van der Waals surface area contributed by atoms with Gasteiger partial charge in [-0.05, 0) is 20.8 Å². The molecule has 0 aromatic carbocycles. The molecule has 1 heterocycles. The summed E-state index contributed by atoms with van der Waals surface area (Å²) in [5, 5.41) is 2.39. The molecule has 0 saturated carbocycles. The number of carbonyl (C=O) groups excluding carboxylic acids is 1. The van der Waals surface area contributed by atoms with Gasteiger partial charge in [0.25, 0.3) is 5.88 Å². The number of nitrogens with zero attached hydrogens (tertiary/aromatic N) is 1. The molecule has 20 heavy (non-hydrogen) atoms. The summed E-state index contributed by atoms with van der Waals surface area (Å²) in [6.45, 7) is 5.73. The number of aromatic nitrogens is 1. The summed E-state index contributed by atoms with van der Waals surface area (Å²) < 4.78 is 28.5. The third kappa shape index (κ3) is 5.83. The second kappa shape index (κ2) is 7.04. The lowest BCUT2D eigenvalue weighted by atomic mass is 10.2. The number of nitrogens with one attached hydrogen (secondary N) is 1. The van der Waals surface area contributed by atoms with Crippen LogP contribution in [0.25, 0.3) is 0 Å². The highest BCUT2D eigenvalue weighted by Gasteiger charge is 2.17. The lowest BCUT2D eigenvalue weighted by molar-refractivity contribution is 0.0636. The van der Waals surface area contributed by atoms with Crippen LogP contribution in [-0.2, 0) is 9.47 Å². The molecule has 0 bridgehead atoms. The van der Waals surface area contributed by atoms with Crippen LogP contribution in [0.4, 0.5) is 14.9 Å². The molecule has 112 valence electrons. The molecular formula is C13H19FN2O4. The van der Waals surface area contributed by atoms with E-state index in [1.807, 2.05) is 0 Å². The Balaban J connectivity index is 2.61. The number of hydrogen-bond donors (Lipinski definition) is 1. The Morgan fingerprint density at radius 2 is 2.10 bits per heavy atom. The number of pyridine rings is 1. The van der Waals surface area contributed by atoms with Crippen molar-refractivity contribution in [3.63, 3.8) is 0 Å². The smallest absolute Gasteiger partial charge is 0.412 e. The van der Waals surface area contributed by atoms with Gasteiger partial charge in [0.1, 0.15) is 12.2 Å². The van der Waals surface area contributed by atoms with Gasteiger partial charge >= 0.3 is 6.09 Å². The van der Waals surface area contributed by atoms with Crippen molar-refractivity contribution in [3.8, 4) is 5.88 Å². The van der Waals surface area contributed by atoms with E-state index in [-0.39, 0.29) is 18.2 Å². The van der Waals surface area contributed by atoms with E-state index in [1.54, 1.807) is 20.8 Å². The highest BCUT2D eigenvalue weighted by Crippen LogP contribution is 2.18. The van der Waals surface area contributed by atoms with Crippen LogP contribution >= 0.6 is 0 Å². The SMILES string of the molecule is COCCOc1ncc(NC(=O)OC(C)(C)C)cc1F. The van der Waals surface area contributed by atoms with Crippen molar-refractivity contribution in [1.29, 1.82) is 0 Å². The zero-order valence-corrected chi connectivity index (χ0v) is 12.0. The molecule has 0 saturated heterocycles. The van der Waals surface area contributed by atoms with E-state index >= 15 is 0 Å². The van der Waals surface area contributed by atoms with Crippen molar-refractivity contribution in [2.75, 3.05) is 25.6 Å². The summed E-state index contributed by atoms with van der Waals surface area (Å²) in [6.07, 6.45) is 0.613. The van der Waals surface area contributed by atoms with Gasteiger partial charge in [0, 0.05) is 13.2 Å². The minimum atomic E-state index is -0.674. The summed E-state index contributed by atoms with van der Waals surface area (Å²) in [5.41, 5.74) is -0.435. The monoisotopic (exact) mass is 286 g/mol. The molecule has 1 aromatic rings. The molecule has 1 rings (SSSR count). The molecule has 0 unspecified atom stereocenters. The van der Waals surface area contributed by atoms with Crippen LogP contribution in [0.5, 0.6) is 5.88 Å². The van der Waals surface area contributed by atoms with Gasteiger partial charge in [0.15, 0.2) is 5.82 Å². The Kier molecular flexibility index (Phi) is 5.69. The molecule has 0 spiro atoms. The van der Waals surface area contributed by atoms with Gasteiger partial charge in [-0.1, -0.05) is 0 Å². The van der Waals surface area contributed by atoms with E-state index in [4.69, 9.17) is 14.2 Å². The number of methoxy groups -OCH3 is 1. The van der Waals surface area contributed by atoms with Gasteiger partial charge in [-0.25, -0.2) is 14.2 Å². The average Bonchev–Trinajstić information content (AvgIpc) is 2.29. The summed E-state index contributed by atoms with van der Waals surface area (Å²) in [6, 6.07) is 1.11. The lowest BCUT2D eigenvalue weighted by Gasteiger charge is -2.19. The van der Waals surface area contributed by atoms with Crippen molar-refractivity contribution in [2.45, 2.75) is 26.4 Å². The van der Waals surface area contributed by atoms with Crippen LogP contribution in [0.3, 0.4) is 0 Å². The van der Waals surface area contributed by atoms with Gasteiger partial charge in [0.05, 0.1) is 18.5 Å². The van der Waals surface area contributed by atoms with Gasteiger partial charge in [-0.3, -0.25) is 5.32 Å². The Morgan fingerprint density at radius 3 is 2.65 bits per heavy atom. The van der Waals surface area contributed by atoms with Gasteiger partial charge in [-0.15, -0.1) is 0 Å². The van der Waals surface area contributed by atoms with Crippen molar-refractivity contribution >= 4 is 11.8 Å². The van der Waals surface area contributed by atoms with E-state index in [0.29, 0.717) is 6.61 Å². The standard InChI is InChI=1S/C13H19FN2O4/c1-13(2,3)20-12(17)16-9-7-10(14)11(15-8-9)19-6-5-18-4/h7-8H,5-6H2,1-4H3,(H,16,17). The third-order valence-electron chi connectivity index (χ3n) is 1.98. The first-order valence-corrected chi connectivity index (χ1v) is 6.09. The van der Waals surface area contributed by atoms with Crippen LogP contribution in [0.1, 0.15) is 20.8 Å². The predicted octanol–water partition coefficient (Wildman–Crippen LogP) is 2.59. The zero-order chi connectivity index (χ0) is 15.2. The Morgan fingerprint density at radius 1 is 1.40 bits per heavy atom. The Labute approximate surface area is 117 Å². The zero-order valence-electron chi connectivity index (χ0n) is 12.0. The molecule has 0 radical (unpaired) electrons. The first-order chi connectivity index (χ1) is 9.31. The van der Waals surface area contributed by atoms with Gasteiger partial charge < -0.3 is 14.2 Å². The topological polar surface area (TPSA) is 69.7 Å². The second-order valence-electron chi connectivity index (χ2n) is 4.98. The highest BCUT2D eigenvalue weighted by molar-refractivity contribution is 5.84. The van der Waals surface area contributed by atoms with Crippen LogP contribution in [0.2, 0.25) is 0 Å². The molecule has 1 aromatic heterocycles. The number of rotatable bonds is 5. The van der Waals surface area contributed by atoms with E-state index in [2.05, 4.69) is 10.3 Å². The minimum absolute atomic E-state index is 0.142. The normalized spacial score (nSPS) is 11.1. The van der Waals surface area contributed by atoms with E-state index in [9.17, 15) is 9.18 Å². The molecule has 1 amide bonds. The summed E-state index contributed by atoms with van der Waals surface area (Å²) in [4.78, 5) is 15.3. The maximum Gasteiger partial charge on any atom is 0.412 e. The van der Waals surface area contributed by atoms with E-state index in [1.165, 1.54) is 13.3 Å². The van der Waals surface area contributed by atoms with Crippen LogP contribution in [0, 0.1) is 5.82 Å². The number of hydrogen-bond acceptors (Lipinski definition) is 5. The summed E-state index contributed by atoms with van der Waals surface area (Å²) >= 11 is 0. The van der Waals surface area contributed by atoms with Crippen molar-refractivity contribution in [1.82, 2.24) is 4.98 Å². The first kappa shape index (κ1) is 16.2. The fourth-order valence-electron chi connectivity index (χ4n) is 1.24. The average molecular weight is 286 g/mol. The van der Waals surface area contributed by atoms with E-state index in [0.717, 1.165) is 6.07 Å². The minimum Gasteiger partial charge on any atom is -0.473 e. The van der Waals surface area contributed by atoms with E-state index < -0.39 is 17.5 Å². The number of ether oxygens (including phenoxy) is 3. The molecule has 0 aliphatic rings. The van der Waals surface area contributed by atoms with Crippen LogP contribution < -0.4 is 10.1 Å². The molecule has 6 nitrogen and oxygen atoms in total. The highest BCUT2D eigenvalue weighted by atomic mass is 19.1. The quantitative estimate of drug-likeness (QED) is 0.842. The molecular weight excluding hydrogens is 267 g/mol. The number of halogens is 1. The molecule has 0 atom stereocenters. The predicted molar refractivity (Wildman–Crippen MR) is 71.4 cm³/mol. The van der Waals surface area contributed by atoms with Crippen LogP contribution in [0.15, 0.2) is 12.3 Å². The fraction of sp³-hybridized carbons (Fsp3) is 0.538. The lowest BCUT2D eigenvalue weighted by Crippen LogP contribution is -2.27. The first-order valence-electron chi connectivity index (χ1n) is 6.09. The Bertz CT molecular complexity index is 460. The molecule has 0 fully saturated rings. The molecule has 0 aliphatic heterocycles. The number of anilines is 1. The summed E-state index contributed by atoms with van der Waals surface area (Å²) in [5.74, 6) is -0.813. The number of carbonyl (C=O) groups is 1. The Hall–Kier alpha value is -1.89. The summed E-state index contributed by atoms with van der Waals surface area (Å²) in [7, 11) is 1.51. The van der Waals surface area contributed by atoms with Crippen molar-refractivity contribution in [2.24, 2.45) is 0 Å². The van der Waals surface area contributed by atoms with Crippen molar-refractivity contribution < 1.29 is 23.4 Å². The molecule has 1 N–H and O–H groups in total. The second-order valence-corrected chi connectivity index (χ2v) is 4.98. The maximum atomic E-state index is 13.6. The number of amides is 1. The largest absolute Gasteiger partial charge is 0.473 e. The van der Waals surface area contributed by atoms with Crippen molar-refractivity contribution in [3.05, 3.63) is 18.1 Å². The molecule has 0 aliphatic carbocycles. The van der Waals surface area contributed by atoms with Gasteiger partial charge in [-0.2, -0.15) is 0 Å².